The van der Waals surface area contributed by atoms with E-state index >= 15 is 0 Å². The van der Waals surface area contributed by atoms with Crippen LogP contribution < -0.4 is 0 Å². The molecular weight excluding hydrogens is 232 g/mol. The number of rotatable bonds is 4. The Hall–Kier alpha value is 0.140. The molecule has 3 heteroatoms. The summed E-state index contributed by atoms with van der Waals surface area (Å²) in [5.74, 6) is 0. The molecule has 0 bridgehead atoms. The summed E-state index contributed by atoms with van der Waals surface area (Å²) in [7, 11) is 0. The van der Waals surface area contributed by atoms with Gasteiger partial charge in [0.2, 0.25) is 0 Å². The molecule has 0 amide bonds. The van der Waals surface area contributed by atoms with E-state index in [1.165, 1.54) is 12.8 Å². The summed E-state index contributed by atoms with van der Waals surface area (Å²) in [5.41, 5.74) is 0. The molecule has 0 aromatic rings. The lowest BCUT2D eigenvalue weighted by atomic mass is 10.2. The molecule has 0 saturated carbocycles. The van der Waals surface area contributed by atoms with Crippen molar-refractivity contribution in [2.45, 2.75) is 37.3 Å². The highest BCUT2D eigenvalue weighted by molar-refractivity contribution is 9.09. The highest BCUT2D eigenvalue weighted by Gasteiger charge is 2.14. The summed E-state index contributed by atoms with van der Waals surface area (Å²) in [5, 5.41) is 0. The maximum absolute atomic E-state index is 5.58. The van der Waals surface area contributed by atoms with Crippen LogP contribution in [0.3, 0.4) is 0 Å². The Kier molecular flexibility index (Phi) is 5.67. The Morgan fingerprint density at radius 2 is 2.46 bits per heavy atom. The summed E-state index contributed by atoms with van der Waals surface area (Å²) < 4.78 is 11.0. The van der Waals surface area contributed by atoms with Crippen molar-refractivity contribution in [2.24, 2.45) is 0 Å². The molecule has 1 aliphatic rings. The van der Waals surface area contributed by atoms with E-state index in [4.69, 9.17) is 9.47 Å². The van der Waals surface area contributed by atoms with Gasteiger partial charge in [-0.15, -0.1) is 0 Å². The summed E-state index contributed by atoms with van der Waals surface area (Å²) in [6, 6.07) is 0. The minimum absolute atomic E-state index is 0.0269. The van der Waals surface area contributed by atoms with Gasteiger partial charge in [-0.2, -0.15) is 0 Å². The highest BCUT2D eigenvalue weighted by Crippen LogP contribution is 2.15. The van der Waals surface area contributed by atoms with Gasteiger partial charge in [-0.25, -0.2) is 0 Å². The van der Waals surface area contributed by atoms with Gasteiger partial charge in [0.15, 0.2) is 6.29 Å². The van der Waals surface area contributed by atoms with E-state index < -0.39 is 0 Å². The monoisotopic (exact) mass is 248 g/mol. The number of hydrogen-bond donors (Lipinski definition) is 0. The van der Waals surface area contributed by atoms with Crippen LogP contribution in [0.5, 0.6) is 0 Å². The molecule has 76 valence electrons. The zero-order valence-electron chi connectivity index (χ0n) is 8.04. The zero-order chi connectivity index (χ0) is 9.52. The first-order valence-corrected chi connectivity index (χ1v) is 5.74. The molecule has 0 N–H and O–H groups in total. The molecule has 0 radical (unpaired) electrons. The first kappa shape index (κ1) is 11.2. The Morgan fingerprint density at radius 3 is 3.08 bits per heavy atom. The van der Waals surface area contributed by atoms with E-state index in [1.807, 2.05) is 13.0 Å². The normalized spacial score (nSPS) is 26.5. The number of halogens is 1. The van der Waals surface area contributed by atoms with E-state index in [2.05, 4.69) is 22.0 Å². The van der Waals surface area contributed by atoms with Crippen LogP contribution in [0.25, 0.3) is 0 Å². The van der Waals surface area contributed by atoms with Crippen LogP contribution in [0.2, 0.25) is 0 Å². The lowest BCUT2D eigenvalue weighted by molar-refractivity contribution is -0.160. The molecule has 0 spiro atoms. The number of allylic oxidation sites excluding steroid dienone is 1. The van der Waals surface area contributed by atoms with Gasteiger partial charge in [-0.3, -0.25) is 0 Å². The Morgan fingerprint density at radius 1 is 1.62 bits per heavy atom. The second kappa shape index (κ2) is 6.57. The Balaban J connectivity index is 2.09. The van der Waals surface area contributed by atoms with E-state index in [-0.39, 0.29) is 6.29 Å². The average Bonchev–Trinajstić information content (AvgIpc) is 2.17. The van der Waals surface area contributed by atoms with Crippen LogP contribution in [0.1, 0.15) is 26.2 Å². The fraction of sp³-hybridized carbons (Fsp3) is 0.800. The van der Waals surface area contributed by atoms with Crippen LogP contribution in [-0.4, -0.2) is 24.3 Å². The molecule has 2 unspecified atom stereocenters. The second-order valence-electron chi connectivity index (χ2n) is 3.17. The van der Waals surface area contributed by atoms with Crippen LogP contribution in [0.15, 0.2) is 12.2 Å². The van der Waals surface area contributed by atoms with Crippen LogP contribution >= 0.6 is 15.9 Å². The summed E-state index contributed by atoms with van der Waals surface area (Å²) in [4.78, 5) is 0.308. The van der Waals surface area contributed by atoms with Crippen LogP contribution in [0.4, 0.5) is 0 Å². The molecule has 1 rings (SSSR count). The minimum Gasteiger partial charge on any atom is -0.353 e. The van der Waals surface area contributed by atoms with E-state index in [0.717, 1.165) is 13.0 Å². The Bertz CT molecular complexity index is 153. The number of ether oxygens (including phenoxy) is 2. The predicted octanol–water partition coefficient (Wildman–Crippen LogP) is 2.87. The number of hydrogen-bond acceptors (Lipinski definition) is 2. The van der Waals surface area contributed by atoms with Gasteiger partial charge in [-0.1, -0.05) is 28.1 Å². The third-order valence-electron chi connectivity index (χ3n) is 1.98. The molecule has 13 heavy (non-hydrogen) atoms. The van der Waals surface area contributed by atoms with Crippen molar-refractivity contribution in [3.8, 4) is 0 Å². The van der Waals surface area contributed by atoms with Crippen molar-refractivity contribution in [3.63, 3.8) is 0 Å². The van der Waals surface area contributed by atoms with E-state index in [0.29, 0.717) is 11.4 Å². The molecule has 0 aromatic heterocycles. The first-order valence-electron chi connectivity index (χ1n) is 4.83. The fourth-order valence-electron chi connectivity index (χ4n) is 1.31. The predicted molar refractivity (Wildman–Crippen MR) is 57.1 cm³/mol. The quantitative estimate of drug-likeness (QED) is 0.563. The smallest absolute Gasteiger partial charge is 0.157 e. The lowest BCUT2D eigenvalue weighted by Crippen LogP contribution is -2.24. The van der Waals surface area contributed by atoms with Gasteiger partial charge in [-0.05, 0) is 26.2 Å². The summed E-state index contributed by atoms with van der Waals surface area (Å²) in [6.45, 7) is 3.54. The minimum atomic E-state index is 0.0269. The van der Waals surface area contributed by atoms with Gasteiger partial charge >= 0.3 is 0 Å². The highest BCUT2D eigenvalue weighted by atomic mass is 79.9. The average molecular weight is 249 g/mol. The van der Waals surface area contributed by atoms with E-state index in [9.17, 15) is 0 Å². The van der Waals surface area contributed by atoms with E-state index in [1.54, 1.807) is 0 Å². The van der Waals surface area contributed by atoms with Crippen LogP contribution in [0, 0.1) is 0 Å². The van der Waals surface area contributed by atoms with Crippen molar-refractivity contribution in [1.82, 2.24) is 0 Å². The molecule has 0 aromatic carbocycles. The third kappa shape index (κ3) is 4.79. The first-order chi connectivity index (χ1) is 6.33. The molecule has 0 aliphatic carbocycles. The van der Waals surface area contributed by atoms with Crippen molar-refractivity contribution in [1.29, 1.82) is 0 Å². The van der Waals surface area contributed by atoms with Gasteiger partial charge in [0, 0.05) is 6.61 Å². The topological polar surface area (TPSA) is 18.5 Å². The van der Waals surface area contributed by atoms with Gasteiger partial charge < -0.3 is 9.47 Å². The molecule has 1 saturated heterocycles. The molecule has 1 fully saturated rings. The fourth-order valence-corrected chi connectivity index (χ4v) is 1.76. The SMILES string of the molecule is CC=CC(Br)COC1CCCCO1. The third-order valence-corrected chi connectivity index (χ3v) is 2.55. The van der Waals surface area contributed by atoms with Crippen molar-refractivity contribution < 1.29 is 9.47 Å². The number of alkyl halides is 1. The van der Waals surface area contributed by atoms with Crippen molar-refractivity contribution in [3.05, 3.63) is 12.2 Å². The maximum atomic E-state index is 5.58. The van der Waals surface area contributed by atoms with Gasteiger partial charge in [0.05, 0.1) is 11.4 Å². The molecule has 1 aliphatic heterocycles. The van der Waals surface area contributed by atoms with Gasteiger partial charge in [0.1, 0.15) is 0 Å². The molecule has 1 heterocycles. The molecule has 2 atom stereocenters. The van der Waals surface area contributed by atoms with Crippen molar-refractivity contribution >= 4 is 15.9 Å². The Labute approximate surface area is 88.4 Å². The summed E-state index contributed by atoms with van der Waals surface area (Å²) >= 11 is 3.50. The largest absolute Gasteiger partial charge is 0.353 e. The molecular formula is C10H17BrO2. The lowest BCUT2D eigenvalue weighted by Gasteiger charge is -2.23. The van der Waals surface area contributed by atoms with Crippen LogP contribution in [-0.2, 0) is 9.47 Å². The summed E-state index contributed by atoms with van der Waals surface area (Å²) in [6.07, 6.45) is 7.55. The van der Waals surface area contributed by atoms with Crippen molar-refractivity contribution in [2.75, 3.05) is 13.2 Å². The van der Waals surface area contributed by atoms with Gasteiger partial charge in [0.25, 0.3) is 0 Å². The maximum Gasteiger partial charge on any atom is 0.157 e. The molecule has 2 nitrogen and oxygen atoms in total. The standard InChI is InChI=1S/C10H17BrO2/c1-2-5-9(11)8-13-10-6-3-4-7-12-10/h2,5,9-10H,3-4,6-8H2,1H3. The second-order valence-corrected chi connectivity index (χ2v) is 4.35. The zero-order valence-corrected chi connectivity index (χ0v) is 9.63.